The van der Waals surface area contributed by atoms with Gasteiger partial charge in [-0.3, -0.25) is 19.7 Å². The van der Waals surface area contributed by atoms with Gasteiger partial charge in [0, 0.05) is 30.3 Å². The Bertz CT molecular complexity index is 712. The monoisotopic (exact) mass is 332 g/mol. The molecule has 9 heteroatoms. The fourth-order valence-corrected chi connectivity index (χ4v) is 2.06. The number of carbonyl (C=O) groups excluding carboxylic acids is 2. The van der Waals surface area contributed by atoms with Crippen molar-refractivity contribution >= 4 is 23.3 Å². The summed E-state index contributed by atoms with van der Waals surface area (Å²) in [6.45, 7) is 2.10. The van der Waals surface area contributed by atoms with Crippen molar-refractivity contribution in [2.45, 2.75) is 13.3 Å². The maximum absolute atomic E-state index is 12.5. The van der Waals surface area contributed by atoms with Crippen LogP contribution in [0.4, 0.5) is 11.5 Å². The molecule has 0 aliphatic heterocycles. The van der Waals surface area contributed by atoms with Crippen LogP contribution in [0.3, 0.4) is 0 Å². The molecule has 24 heavy (non-hydrogen) atoms. The molecule has 0 radical (unpaired) electrons. The quantitative estimate of drug-likeness (QED) is 0.612. The van der Waals surface area contributed by atoms with E-state index < -0.39 is 10.8 Å². The van der Waals surface area contributed by atoms with Gasteiger partial charge in [0.15, 0.2) is 5.82 Å². The summed E-state index contributed by atoms with van der Waals surface area (Å²) in [7, 11) is 0. The highest BCUT2D eigenvalue weighted by Crippen LogP contribution is 2.14. The first-order valence-electron chi connectivity index (χ1n) is 7.25. The Labute approximate surface area is 137 Å². The molecule has 1 aromatic heterocycles. The minimum absolute atomic E-state index is 0.0997. The van der Waals surface area contributed by atoms with Crippen LogP contribution in [-0.2, 0) is 4.79 Å². The normalized spacial score (nSPS) is 10.2. The van der Waals surface area contributed by atoms with E-state index >= 15 is 0 Å². The van der Waals surface area contributed by atoms with Crippen LogP contribution in [0.2, 0.25) is 0 Å². The highest BCUT2D eigenvalue weighted by Gasteiger charge is 2.19. The predicted molar refractivity (Wildman–Crippen MR) is 84.4 cm³/mol. The van der Waals surface area contributed by atoms with E-state index in [4.69, 9.17) is 0 Å². The largest absolute Gasteiger partial charge is 0.363 e. The lowest BCUT2D eigenvalue weighted by Gasteiger charge is -2.21. The van der Waals surface area contributed by atoms with E-state index in [0.29, 0.717) is 13.0 Å². The van der Waals surface area contributed by atoms with Crippen molar-refractivity contribution in [2.75, 3.05) is 18.4 Å². The summed E-state index contributed by atoms with van der Waals surface area (Å²) in [5.41, 5.74) is 0.181. The molecule has 2 amide bonds. The number of nitrogens with zero attached hydrogens (tertiary/aromatic N) is 3. The minimum Gasteiger partial charge on any atom is -0.363 e. The number of nitro groups is 1. The Kier molecular flexibility index (Phi) is 5.61. The molecule has 0 bridgehead atoms. The SMILES string of the molecule is CCCN(CC(=O)Nc1ccon1)C(=O)c1ccc([N+](=O)[O-])cc1. The third-order valence-corrected chi connectivity index (χ3v) is 3.15. The molecule has 0 fully saturated rings. The lowest BCUT2D eigenvalue weighted by molar-refractivity contribution is -0.384. The molecular formula is C15H16N4O5. The first-order valence-corrected chi connectivity index (χ1v) is 7.25. The molecule has 0 spiro atoms. The van der Waals surface area contributed by atoms with Gasteiger partial charge in [0.05, 0.1) is 4.92 Å². The molecule has 1 heterocycles. The van der Waals surface area contributed by atoms with Gasteiger partial charge in [-0.2, -0.15) is 0 Å². The fourth-order valence-electron chi connectivity index (χ4n) is 2.06. The number of nitrogens with one attached hydrogen (secondary N) is 1. The van der Waals surface area contributed by atoms with Gasteiger partial charge in [-0.25, -0.2) is 0 Å². The highest BCUT2D eigenvalue weighted by molar-refractivity contribution is 5.99. The van der Waals surface area contributed by atoms with Gasteiger partial charge < -0.3 is 14.7 Å². The number of amides is 2. The number of non-ortho nitro benzene ring substituents is 1. The molecule has 0 saturated carbocycles. The zero-order chi connectivity index (χ0) is 17.5. The number of aromatic nitrogens is 1. The average Bonchev–Trinajstić information content (AvgIpc) is 3.06. The summed E-state index contributed by atoms with van der Waals surface area (Å²) in [5, 5.41) is 16.7. The molecule has 2 rings (SSSR count). The molecule has 2 aromatic rings. The van der Waals surface area contributed by atoms with Crippen LogP contribution >= 0.6 is 0 Å². The zero-order valence-corrected chi connectivity index (χ0v) is 13.0. The molecular weight excluding hydrogens is 316 g/mol. The lowest BCUT2D eigenvalue weighted by Crippen LogP contribution is -2.38. The first kappa shape index (κ1) is 17.1. The predicted octanol–water partition coefficient (Wildman–Crippen LogP) is 2.07. The second-order valence-corrected chi connectivity index (χ2v) is 4.96. The van der Waals surface area contributed by atoms with E-state index in [1.165, 1.54) is 41.5 Å². The molecule has 1 N–H and O–H groups in total. The van der Waals surface area contributed by atoms with Crippen LogP contribution in [0.5, 0.6) is 0 Å². The third-order valence-electron chi connectivity index (χ3n) is 3.15. The minimum atomic E-state index is -0.538. The molecule has 9 nitrogen and oxygen atoms in total. The second kappa shape index (κ2) is 7.86. The standard InChI is InChI=1S/C15H16N4O5/c1-2-8-18(10-14(20)16-13-7-9-24-17-13)15(21)11-3-5-12(6-4-11)19(22)23/h3-7,9H,2,8,10H2,1H3,(H,16,17,20). The summed E-state index contributed by atoms with van der Waals surface area (Å²) in [5.74, 6) is -0.520. The lowest BCUT2D eigenvalue weighted by atomic mass is 10.1. The summed E-state index contributed by atoms with van der Waals surface area (Å²) in [4.78, 5) is 36.0. The van der Waals surface area contributed by atoms with Gasteiger partial charge in [-0.1, -0.05) is 12.1 Å². The third kappa shape index (κ3) is 4.38. The Morgan fingerprint density at radius 2 is 2.00 bits per heavy atom. The number of hydrogen-bond donors (Lipinski definition) is 1. The van der Waals surface area contributed by atoms with E-state index in [2.05, 4.69) is 15.0 Å². The van der Waals surface area contributed by atoms with Gasteiger partial charge in [0.2, 0.25) is 5.91 Å². The number of carbonyl (C=O) groups is 2. The van der Waals surface area contributed by atoms with E-state index in [9.17, 15) is 19.7 Å². The second-order valence-electron chi connectivity index (χ2n) is 4.96. The zero-order valence-electron chi connectivity index (χ0n) is 13.0. The van der Waals surface area contributed by atoms with Gasteiger partial charge in [0.1, 0.15) is 12.8 Å². The van der Waals surface area contributed by atoms with Crippen molar-refractivity contribution in [3.05, 3.63) is 52.3 Å². The van der Waals surface area contributed by atoms with Crippen LogP contribution in [-0.4, -0.2) is 39.9 Å². The maximum Gasteiger partial charge on any atom is 0.269 e. The van der Waals surface area contributed by atoms with Crippen LogP contribution in [0.25, 0.3) is 0 Å². The fraction of sp³-hybridized carbons (Fsp3) is 0.267. The van der Waals surface area contributed by atoms with E-state index in [1.807, 2.05) is 6.92 Å². The smallest absolute Gasteiger partial charge is 0.269 e. The van der Waals surface area contributed by atoms with E-state index in [0.717, 1.165) is 0 Å². The molecule has 0 unspecified atom stereocenters. The first-order chi connectivity index (χ1) is 11.5. The van der Waals surface area contributed by atoms with Gasteiger partial charge in [0.25, 0.3) is 11.6 Å². The van der Waals surface area contributed by atoms with Crippen molar-refractivity contribution in [1.82, 2.24) is 10.1 Å². The summed E-state index contributed by atoms with van der Waals surface area (Å²) < 4.78 is 4.61. The number of benzene rings is 1. The Balaban J connectivity index is 2.06. The number of nitro benzene ring substituents is 1. The number of hydrogen-bond acceptors (Lipinski definition) is 6. The Morgan fingerprint density at radius 1 is 1.29 bits per heavy atom. The average molecular weight is 332 g/mol. The summed E-state index contributed by atoms with van der Waals surface area (Å²) in [6.07, 6.45) is 1.98. The molecule has 1 aromatic carbocycles. The molecule has 126 valence electrons. The Morgan fingerprint density at radius 3 is 2.54 bits per heavy atom. The Hall–Kier alpha value is -3.23. The topological polar surface area (TPSA) is 119 Å². The van der Waals surface area contributed by atoms with E-state index in [1.54, 1.807) is 0 Å². The highest BCUT2D eigenvalue weighted by atomic mass is 16.6. The molecule has 0 saturated heterocycles. The van der Waals surface area contributed by atoms with Crippen molar-refractivity contribution in [2.24, 2.45) is 0 Å². The van der Waals surface area contributed by atoms with Crippen molar-refractivity contribution in [3.8, 4) is 0 Å². The number of rotatable bonds is 7. The summed E-state index contributed by atoms with van der Waals surface area (Å²) in [6, 6.07) is 6.75. The molecule has 0 aliphatic rings. The number of anilines is 1. The van der Waals surface area contributed by atoms with Crippen molar-refractivity contribution in [1.29, 1.82) is 0 Å². The van der Waals surface area contributed by atoms with Crippen LogP contribution < -0.4 is 5.32 Å². The van der Waals surface area contributed by atoms with Crippen LogP contribution in [0, 0.1) is 10.1 Å². The van der Waals surface area contributed by atoms with Crippen molar-refractivity contribution in [3.63, 3.8) is 0 Å². The van der Waals surface area contributed by atoms with Crippen LogP contribution in [0.15, 0.2) is 41.1 Å². The van der Waals surface area contributed by atoms with E-state index in [-0.39, 0.29) is 29.5 Å². The van der Waals surface area contributed by atoms with Gasteiger partial charge in [-0.15, -0.1) is 0 Å². The maximum atomic E-state index is 12.5. The molecule has 0 aliphatic carbocycles. The van der Waals surface area contributed by atoms with Gasteiger partial charge in [-0.05, 0) is 18.6 Å². The van der Waals surface area contributed by atoms with Crippen LogP contribution in [0.1, 0.15) is 23.7 Å². The molecule has 0 atom stereocenters. The summed E-state index contributed by atoms with van der Waals surface area (Å²) >= 11 is 0. The van der Waals surface area contributed by atoms with Gasteiger partial charge >= 0.3 is 0 Å². The van der Waals surface area contributed by atoms with Crippen molar-refractivity contribution < 1.29 is 19.0 Å².